The molecule has 0 saturated carbocycles. The number of rotatable bonds is 8. The summed E-state index contributed by atoms with van der Waals surface area (Å²) >= 11 is 0.872. The summed E-state index contributed by atoms with van der Waals surface area (Å²) in [7, 11) is 2.90. The number of hydrogen-bond acceptors (Lipinski definition) is 7. The molecule has 0 unspecified atom stereocenters. The van der Waals surface area contributed by atoms with E-state index in [2.05, 4.69) is 5.32 Å². The van der Waals surface area contributed by atoms with E-state index in [9.17, 15) is 14.6 Å². The second-order valence-electron chi connectivity index (χ2n) is 5.58. The van der Waals surface area contributed by atoms with E-state index in [1.165, 1.54) is 0 Å². The molecular weight excluding hydrogens is 343 g/mol. The van der Waals surface area contributed by atoms with Crippen molar-refractivity contribution in [3.05, 3.63) is 28.7 Å². The van der Waals surface area contributed by atoms with Crippen LogP contribution in [0.4, 0.5) is 4.79 Å². The molecule has 134 valence electrons. The molecule has 1 aromatic rings. The van der Waals surface area contributed by atoms with Crippen molar-refractivity contribution in [3.8, 4) is 11.5 Å². The Bertz CT molecular complexity index is 680. The number of carbonyl (C=O) groups excluding carboxylic acids is 2. The van der Waals surface area contributed by atoms with Crippen LogP contribution in [0.1, 0.15) is 12.0 Å². The molecule has 0 bridgehead atoms. The second-order valence-corrected chi connectivity index (χ2v) is 6.59. The molecule has 0 spiro atoms. The summed E-state index contributed by atoms with van der Waals surface area (Å²) in [5, 5.41) is 11.3. The quantitative estimate of drug-likeness (QED) is 0.413. The Hall–Kier alpha value is -1.97. The Kier molecular flexibility index (Phi) is 6.92. The SMILES string of the molecule is COc1ccc(C=C2SC(=O)NC2=O)cc1OCCCN(C)B(C)O. The van der Waals surface area contributed by atoms with Gasteiger partial charge in [0.1, 0.15) is 0 Å². The minimum absolute atomic E-state index is 0.347. The van der Waals surface area contributed by atoms with Crippen LogP contribution < -0.4 is 14.8 Å². The molecule has 2 amide bonds. The van der Waals surface area contributed by atoms with Crippen LogP contribution in [0.2, 0.25) is 6.82 Å². The van der Waals surface area contributed by atoms with Gasteiger partial charge in [-0.3, -0.25) is 14.9 Å². The highest BCUT2D eigenvalue weighted by atomic mass is 32.2. The van der Waals surface area contributed by atoms with Crippen LogP contribution in [0.3, 0.4) is 0 Å². The molecule has 2 N–H and O–H groups in total. The van der Waals surface area contributed by atoms with E-state index in [-0.39, 0.29) is 5.24 Å². The van der Waals surface area contributed by atoms with Crippen molar-refractivity contribution >= 4 is 36.0 Å². The summed E-state index contributed by atoms with van der Waals surface area (Å²) in [6.07, 6.45) is 2.38. The van der Waals surface area contributed by atoms with Crippen LogP contribution in [-0.2, 0) is 4.79 Å². The van der Waals surface area contributed by atoms with Crippen LogP contribution >= 0.6 is 11.8 Å². The van der Waals surface area contributed by atoms with E-state index in [1.807, 2.05) is 11.9 Å². The van der Waals surface area contributed by atoms with Gasteiger partial charge in [-0.1, -0.05) is 6.07 Å². The van der Waals surface area contributed by atoms with Crippen LogP contribution in [0.15, 0.2) is 23.1 Å². The smallest absolute Gasteiger partial charge is 0.376 e. The van der Waals surface area contributed by atoms with E-state index in [1.54, 1.807) is 38.2 Å². The minimum Gasteiger partial charge on any atom is -0.493 e. The lowest BCUT2D eigenvalue weighted by Gasteiger charge is -2.17. The maximum atomic E-state index is 11.6. The van der Waals surface area contributed by atoms with Gasteiger partial charge >= 0.3 is 7.05 Å². The number of amides is 2. The number of ether oxygens (including phenoxy) is 2. The molecule has 7 nitrogen and oxygen atoms in total. The van der Waals surface area contributed by atoms with Crippen LogP contribution in [0.25, 0.3) is 6.08 Å². The third-order valence-corrected chi connectivity index (χ3v) is 4.49. The third-order valence-electron chi connectivity index (χ3n) is 3.68. The first-order valence-corrected chi connectivity index (χ1v) is 8.66. The number of nitrogens with one attached hydrogen (secondary N) is 1. The highest BCUT2D eigenvalue weighted by molar-refractivity contribution is 8.18. The van der Waals surface area contributed by atoms with Crippen molar-refractivity contribution < 1.29 is 24.1 Å². The van der Waals surface area contributed by atoms with Crippen molar-refractivity contribution in [2.75, 3.05) is 27.3 Å². The van der Waals surface area contributed by atoms with Crippen LogP contribution in [-0.4, -0.2) is 55.3 Å². The fourth-order valence-corrected chi connectivity index (χ4v) is 2.83. The Morgan fingerprint density at radius 3 is 2.72 bits per heavy atom. The van der Waals surface area contributed by atoms with E-state index in [0.29, 0.717) is 29.6 Å². The number of thioether (sulfide) groups is 1. The minimum atomic E-state index is -0.498. The molecule has 0 aromatic heterocycles. The van der Waals surface area contributed by atoms with E-state index >= 15 is 0 Å². The lowest BCUT2D eigenvalue weighted by atomic mass is 9.86. The van der Waals surface area contributed by atoms with Crippen molar-refractivity contribution in [1.82, 2.24) is 10.1 Å². The fourth-order valence-electron chi connectivity index (χ4n) is 2.15. The molecule has 0 aliphatic carbocycles. The van der Waals surface area contributed by atoms with Gasteiger partial charge in [-0.2, -0.15) is 0 Å². The van der Waals surface area contributed by atoms with Crippen molar-refractivity contribution in [2.45, 2.75) is 13.2 Å². The predicted molar refractivity (Wildman–Crippen MR) is 98.7 cm³/mol. The standard InChI is InChI=1S/C16H21BN2O5S/c1-17(22)19(2)7-4-8-24-13-9-11(5-6-12(13)23-3)10-14-15(20)18-16(21)25-14/h5-6,9-10,22H,4,7-8H2,1-3H3,(H,18,20,21). The van der Waals surface area contributed by atoms with Gasteiger partial charge in [0.15, 0.2) is 11.5 Å². The molecule has 1 saturated heterocycles. The number of benzene rings is 1. The van der Waals surface area contributed by atoms with Crippen LogP contribution in [0.5, 0.6) is 11.5 Å². The summed E-state index contributed by atoms with van der Waals surface area (Å²) < 4.78 is 11.1. The zero-order chi connectivity index (χ0) is 18.4. The summed E-state index contributed by atoms with van der Waals surface area (Å²) in [6.45, 7) is 2.87. The molecule has 1 aromatic carbocycles. The van der Waals surface area contributed by atoms with Gasteiger partial charge in [-0.05, 0) is 62.4 Å². The first kappa shape index (κ1) is 19.4. The Morgan fingerprint density at radius 1 is 1.36 bits per heavy atom. The largest absolute Gasteiger partial charge is 0.493 e. The molecule has 0 radical (unpaired) electrons. The maximum Gasteiger partial charge on any atom is 0.376 e. The van der Waals surface area contributed by atoms with Gasteiger partial charge in [-0.25, -0.2) is 0 Å². The molecule has 1 fully saturated rings. The number of imide groups is 1. The average Bonchev–Trinajstić information content (AvgIpc) is 2.88. The zero-order valence-corrected chi connectivity index (χ0v) is 15.3. The molecule has 1 heterocycles. The average molecular weight is 364 g/mol. The van der Waals surface area contributed by atoms with Gasteiger partial charge in [-0.15, -0.1) is 0 Å². The highest BCUT2D eigenvalue weighted by Gasteiger charge is 2.25. The normalized spacial score (nSPS) is 15.6. The number of carbonyl (C=O) groups is 2. The number of nitrogens with zero attached hydrogens (tertiary/aromatic N) is 1. The fraction of sp³-hybridized carbons (Fsp3) is 0.375. The Balaban J connectivity index is 2.03. The van der Waals surface area contributed by atoms with Gasteiger partial charge in [0.25, 0.3) is 11.1 Å². The van der Waals surface area contributed by atoms with E-state index in [0.717, 1.165) is 23.7 Å². The lowest BCUT2D eigenvalue weighted by Crippen LogP contribution is -2.34. The summed E-state index contributed by atoms with van der Waals surface area (Å²) in [4.78, 5) is 25.0. The van der Waals surface area contributed by atoms with Crippen molar-refractivity contribution in [2.24, 2.45) is 0 Å². The van der Waals surface area contributed by atoms with Crippen LogP contribution in [0, 0.1) is 0 Å². The van der Waals surface area contributed by atoms with Crippen molar-refractivity contribution in [3.63, 3.8) is 0 Å². The Morgan fingerprint density at radius 2 is 2.12 bits per heavy atom. The summed E-state index contributed by atoms with van der Waals surface area (Å²) in [6, 6.07) is 5.31. The molecule has 0 atom stereocenters. The third kappa shape index (κ3) is 5.52. The molecule has 1 aliphatic rings. The van der Waals surface area contributed by atoms with E-state index < -0.39 is 13.0 Å². The second kappa shape index (κ2) is 8.93. The molecule has 1 aliphatic heterocycles. The summed E-state index contributed by atoms with van der Waals surface area (Å²) in [5.41, 5.74) is 0.740. The predicted octanol–water partition coefficient (Wildman–Crippen LogP) is 1.83. The number of methoxy groups -OCH3 is 1. The molecule has 2 rings (SSSR count). The monoisotopic (exact) mass is 364 g/mol. The Labute approximate surface area is 151 Å². The maximum absolute atomic E-state index is 11.6. The lowest BCUT2D eigenvalue weighted by molar-refractivity contribution is -0.115. The molecular formula is C16H21BN2O5S. The first-order chi connectivity index (χ1) is 11.9. The number of hydrogen-bond donors (Lipinski definition) is 2. The van der Waals surface area contributed by atoms with E-state index in [4.69, 9.17) is 9.47 Å². The summed E-state index contributed by atoms with van der Waals surface area (Å²) in [5.74, 6) is 0.756. The van der Waals surface area contributed by atoms with Gasteiger partial charge in [0.05, 0.1) is 18.6 Å². The van der Waals surface area contributed by atoms with Gasteiger partial charge in [0, 0.05) is 0 Å². The highest BCUT2D eigenvalue weighted by Crippen LogP contribution is 2.31. The van der Waals surface area contributed by atoms with Crippen molar-refractivity contribution in [1.29, 1.82) is 0 Å². The van der Waals surface area contributed by atoms with Gasteiger partial charge in [0.2, 0.25) is 0 Å². The molecule has 9 heteroatoms. The molecule has 25 heavy (non-hydrogen) atoms. The first-order valence-electron chi connectivity index (χ1n) is 7.84. The zero-order valence-electron chi connectivity index (χ0n) is 14.4. The topological polar surface area (TPSA) is 88.1 Å². The van der Waals surface area contributed by atoms with Gasteiger partial charge < -0.3 is 19.3 Å².